The molecule has 1 amide bonds. The minimum absolute atomic E-state index is 0.152. The van der Waals surface area contributed by atoms with Gasteiger partial charge in [0.2, 0.25) is 0 Å². The normalized spacial score (nSPS) is 16.7. The largest absolute Gasteiger partial charge is 0.450 e. The van der Waals surface area contributed by atoms with E-state index in [9.17, 15) is 4.79 Å². The molecule has 1 aromatic heterocycles. The molecule has 1 aliphatic heterocycles. The zero-order valence-corrected chi connectivity index (χ0v) is 14.8. The van der Waals surface area contributed by atoms with Crippen molar-refractivity contribution in [1.29, 1.82) is 0 Å². The van der Waals surface area contributed by atoms with Gasteiger partial charge in [-0.25, -0.2) is 0 Å². The van der Waals surface area contributed by atoms with Crippen LogP contribution < -0.4 is 5.01 Å². The fourth-order valence-corrected chi connectivity index (χ4v) is 2.72. The van der Waals surface area contributed by atoms with Gasteiger partial charge in [-0.15, -0.1) is 0 Å². The number of carbonyl (C=O) groups is 1. The summed E-state index contributed by atoms with van der Waals surface area (Å²) in [6, 6.07) is 11.2. The van der Waals surface area contributed by atoms with Gasteiger partial charge in [-0.3, -0.25) is 4.79 Å². The first-order valence-electron chi connectivity index (χ1n) is 6.18. The molecule has 0 saturated carbocycles. The Bertz CT molecular complexity index is 746. The molecular weight excluding hydrogens is 447 g/mol. The Hall–Kier alpha value is -1.41. The topological polar surface area (TPSA) is 45.8 Å². The lowest BCUT2D eigenvalue weighted by molar-refractivity contribution is -0.114. The summed E-state index contributed by atoms with van der Waals surface area (Å²) < 4.78 is 7.17. The summed E-state index contributed by atoms with van der Waals surface area (Å²) in [4.78, 5) is 12.5. The molecular formula is C15H10BrIN2O2. The van der Waals surface area contributed by atoms with Crippen LogP contribution in [0, 0.1) is 3.77 Å². The molecule has 0 bridgehead atoms. The third kappa shape index (κ3) is 2.82. The van der Waals surface area contributed by atoms with Crippen LogP contribution in [0.15, 0.2) is 56.0 Å². The highest BCUT2D eigenvalue weighted by atomic mass is 127. The van der Waals surface area contributed by atoms with E-state index >= 15 is 0 Å². The first-order chi connectivity index (χ1) is 10.1. The van der Waals surface area contributed by atoms with Gasteiger partial charge in [0.15, 0.2) is 3.77 Å². The van der Waals surface area contributed by atoms with Gasteiger partial charge >= 0.3 is 0 Å². The molecule has 0 aliphatic carbocycles. The number of halogens is 2. The molecule has 0 spiro atoms. The second kappa shape index (κ2) is 5.76. The minimum Gasteiger partial charge on any atom is -0.450 e. The van der Waals surface area contributed by atoms with Crippen molar-refractivity contribution in [2.24, 2.45) is 5.10 Å². The zero-order chi connectivity index (χ0) is 15.0. The predicted octanol–water partition coefficient (Wildman–Crippen LogP) is 4.45. The van der Waals surface area contributed by atoms with Gasteiger partial charge in [-0.2, -0.15) is 10.1 Å². The van der Waals surface area contributed by atoms with Gasteiger partial charge in [-0.05, 0) is 47.1 Å². The van der Waals surface area contributed by atoms with Crippen molar-refractivity contribution in [2.75, 3.05) is 5.01 Å². The highest BCUT2D eigenvalue weighted by molar-refractivity contribution is 14.1. The smallest absolute Gasteiger partial charge is 0.280 e. The molecule has 2 heterocycles. The molecule has 1 aliphatic rings. The van der Waals surface area contributed by atoms with E-state index in [-0.39, 0.29) is 5.91 Å². The fraction of sp³-hybridized carbons (Fsp3) is 0.0667. The van der Waals surface area contributed by atoms with E-state index in [2.05, 4.69) is 43.6 Å². The van der Waals surface area contributed by atoms with Crippen LogP contribution in [0.25, 0.3) is 6.08 Å². The highest BCUT2D eigenvalue weighted by Gasteiger charge is 2.28. The maximum atomic E-state index is 12.5. The predicted molar refractivity (Wildman–Crippen MR) is 94.1 cm³/mol. The zero-order valence-electron chi connectivity index (χ0n) is 11.0. The van der Waals surface area contributed by atoms with E-state index in [1.165, 1.54) is 5.01 Å². The van der Waals surface area contributed by atoms with Crippen LogP contribution in [0.1, 0.15) is 12.7 Å². The Morgan fingerprint density at radius 1 is 1.33 bits per heavy atom. The Balaban J connectivity index is 1.96. The summed E-state index contributed by atoms with van der Waals surface area (Å²) in [5.74, 6) is 0.473. The number of hydrazone groups is 1. The number of amides is 1. The maximum absolute atomic E-state index is 12.5. The quantitative estimate of drug-likeness (QED) is 0.495. The summed E-state index contributed by atoms with van der Waals surface area (Å²) in [5.41, 5.74) is 1.96. The Morgan fingerprint density at radius 2 is 2.05 bits per heavy atom. The van der Waals surface area contributed by atoms with E-state index < -0.39 is 0 Å². The molecule has 1 aromatic carbocycles. The monoisotopic (exact) mass is 456 g/mol. The van der Waals surface area contributed by atoms with Crippen LogP contribution in [-0.2, 0) is 4.79 Å². The van der Waals surface area contributed by atoms with E-state index in [1.54, 1.807) is 6.08 Å². The number of hydrogen-bond acceptors (Lipinski definition) is 3. The number of carbonyl (C=O) groups excluding carboxylic acids is 1. The Morgan fingerprint density at radius 3 is 2.67 bits per heavy atom. The second-order valence-corrected chi connectivity index (χ2v) is 6.30. The van der Waals surface area contributed by atoms with E-state index in [0.717, 1.165) is 13.9 Å². The Labute approximate surface area is 143 Å². The number of anilines is 1. The fourth-order valence-electron chi connectivity index (χ4n) is 2.01. The third-order valence-corrected chi connectivity index (χ3v) is 5.15. The van der Waals surface area contributed by atoms with Gasteiger partial charge in [0, 0.05) is 22.6 Å². The van der Waals surface area contributed by atoms with Gasteiger partial charge < -0.3 is 4.42 Å². The molecule has 0 saturated heterocycles. The Kier molecular flexibility index (Phi) is 3.99. The van der Waals surface area contributed by atoms with E-state index in [1.807, 2.05) is 43.3 Å². The minimum atomic E-state index is -0.152. The SMILES string of the molecule is CC1=NN(c2ccccc2)C(=O)C1=Cc1cc(Br)c(I)o1. The summed E-state index contributed by atoms with van der Waals surface area (Å²) >= 11 is 5.48. The lowest BCUT2D eigenvalue weighted by Crippen LogP contribution is -2.21. The van der Waals surface area contributed by atoms with Crippen molar-refractivity contribution >= 4 is 61.9 Å². The standard InChI is InChI=1S/C15H10BrIN2O2/c1-9-12(7-11-8-13(16)14(17)21-11)15(20)19(18-9)10-5-3-2-4-6-10/h2-8H,1H3. The van der Waals surface area contributed by atoms with Crippen LogP contribution in [-0.4, -0.2) is 11.6 Å². The summed E-state index contributed by atoms with van der Waals surface area (Å²) in [6.07, 6.45) is 1.72. The van der Waals surface area contributed by atoms with Gasteiger partial charge in [0.1, 0.15) is 5.76 Å². The second-order valence-electron chi connectivity index (χ2n) is 4.47. The number of rotatable bonds is 2. The van der Waals surface area contributed by atoms with Crippen molar-refractivity contribution in [3.8, 4) is 0 Å². The van der Waals surface area contributed by atoms with Gasteiger partial charge in [0.05, 0.1) is 21.4 Å². The van der Waals surface area contributed by atoms with Crippen LogP contribution in [0.4, 0.5) is 5.69 Å². The molecule has 4 nitrogen and oxygen atoms in total. The van der Waals surface area contributed by atoms with Crippen LogP contribution in [0.3, 0.4) is 0 Å². The maximum Gasteiger partial charge on any atom is 0.280 e. The van der Waals surface area contributed by atoms with Crippen LogP contribution in [0.5, 0.6) is 0 Å². The summed E-state index contributed by atoms with van der Waals surface area (Å²) in [7, 11) is 0. The van der Waals surface area contributed by atoms with Crippen molar-refractivity contribution in [3.05, 3.63) is 56.0 Å². The number of benzene rings is 1. The van der Waals surface area contributed by atoms with Crippen molar-refractivity contribution in [3.63, 3.8) is 0 Å². The number of nitrogens with zero attached hydrogens (tertiary/aromatic N) is 2. The lowest BCUT2D eigenvalue weighted by atomic mass is 10.1. The van der Waals surface area contributed by atoms with Gasteiger partial charge in [0.25, 0.3) is 5.91 Å². The first-order valence-corrected chi connectivity index (χ1v) is 8.05. The molecule has 2 aromatic rings. The number of para-hydroxylation sites is 1. The molecule has 6 heteroatoms. The number of hydrogen-bond donors (Lipinski definition) is 0. The lowest BCUT2D eigenvalue weighted by Gasteiger charge is -2.10. The molecule has 21 heavy (non-hydrogen) atoms. The van der Waals surface area contributed by atoms with E-state index in [4.69, 9.17) is 4.42 Å². The summed E-state index contributed by atoms with van der Waals surface area (Å²) in [5, 5.41) is 5.73. The third-order valence-electron chi connectivity index (χ3n) is 3.01. The molecule has 0 radical (unpaired) electrons. The molecule has 0 atom stereocenters. The molecule has 0 unspecified atom stereocenters. The molecule has 0 fully saturated rings. The van der Waals surface area contributed by atoms with Crippen molar-refractivity contribution in [1.82, 2.24) is 0 Å². The van der Waals surface area contributed by atoms with Crippen LogP contribution >= 0.6 is 38.5 Å². The van der Waals surface area contributed by atoms with Gasteiger partial charge in [-0.1, -0.05) is 18.2 Å². The highest BCUT2D eigenvalue weighted by Crippen LogP contribution is 2.28. The van der Waals surface area contributed by atoms with E-state index in [0.29, 0.717) is 17.0 Å². The number of furan rings is 1. The average molecular weight is 457 g/mol. The average Bonchev–Trinajstić information content (AvgIpc) is 2.94. The first kappa shape index (κ1) is 14.5. The molecule has 0 N–H and O–H groups in total. The van der Waals surface area contributed by atoms with Crippen molar-refractivity contribution < 1.29 is 9.21 Å². The van der Waals surface area contributed by atoms with Crippen LogP contribution in [0.2, 0.25) is 0 Å². The molecule has 106 valence electrons. The molecule has 3 rings (SSSR count). The van der Waals surface area contributed by atoms with Crippen molar-refractivity contribution in [2.45, 2.75) is 6.92 Å². The summed E-state index contributed by atoms with van der Waals surface area (Å²) in [6.45, 7) is 1.82.